The number of rotatable bonds is 7. The van der Waals surface area contributed by atoms with E-state index in [0.717, 1.165) is 48.8 Å². The lowest BCUT2D eigenvalue weighted by molar-refractivity contribution is -0.738. The molecule has 4 aliphatic rings. The summed E-state index contributed by atoms with van der Waals surface area (Å²) in [5.74, 6) is 0.109. The number of unbranched alkanes of at least 4 members (excludes halogenated alkanes) is 1. The maximum Gasteiger partial charge on any atom is 0.221 e. The highest BCUT2D eigenvalue weighted by atomic mass is 19.1. The van der Waals surface area contributed by atoms with Crippen molar-refractivity contribution in [1.82, 2.24) is 0 Å². The lowest BCUT2D eigenvalue weighted by Crippen LogP contribution is -2.57. The number of fused-ring (bicyclic) bond motifs is 3. The second-order valence-electron chi connectivity index (χ2n) is 16.4. The first-order valence-electron chi connectivity index (χ1n) is 18.7. The molecule has 0 spiro atoms. The Hall–Kier alpha value is -3.85. The Morgan fingerprint density at radius 1 is 0.898 bits per heavy atom. The number of hydrogen-bond acceptors (Lipinski definition) is 0. The van der Waals surface area contributed by atoms with Crippen LogP contribution in [0.25, 0.3) is 22.0 Å². The lowest BCUT2D eigenvalue weighted by Gasteiger charge is -2.39. The Balaban J connectivity index is 1.53. The van der Waals surface area contributed by atoms with Crippen molar-refractivity contribution in [3.8, 4) is 11.3 Å². The zero-order chi connectivity index (χ0) is 35.0. The summed E-state index contributed by atoms with van der Waals surface area (Å²) in [5, 5.41) is 2.60. The van der Waals surface area contributed by atoms with Crippen LogP contribution in [0.15, 0.2) is 73.1 Å². The largest absolute Gasteiger partial charge is 0.221 e. The fourth-order valence-electron chi connectivity index (χ4n) is 11.8. The van der Waals surface area contributed by atoms with Gasteiger partial charge in [0.15, 0.2) is 23.6 Å². The monoisotopic (exact) mass is 652 g/mol. The molecule has 0 radical (unpaired) electrons. The maximum absolute atomic E-state index is 16.6. The SMILES string of the molecule is C=C1C=C[N+](C)=C(c2c(C3(C)C4(CC)c5ccc(F)c6c5-c5c7c(cc(CCCC)cc7cc[n+]5C34CC)C6(C)C)ccc(C)c2C)C1C. The van der Waals surface area contributed by atoms with Crippen LogP contribution in [0.4, 0.5) is 4.39 Å². The second kappa shape index (κ2) is 10.3. The van der Waals surface area contributed by atoms with Crippen LogP contribution in [0, 0.1) is 25.6 Å². The molecule has 4 atom stereocenters. The van der Waals surface area contributed by atoms with E-state index < -0.39 is 5.41 Å². The van der Waals surface area contributed by atoms with Gasteiger partial charge in [0.25, 0.3) is 0 Å². The first-order chi connectivity index (χ1) is 23.3. The normalized spacial score (nSPS) is 27.2. The Kier molecular flexibility index (Phi) is 6.83. The molecule has 0 saturated heterocycles. The molecule has 4 unspecified atom stereocenters. The Morgan fingerprint density at radius 2 is 1.63 bits per heavy atom. The summed E-state index contributed by atoms with van der Waals surface area (Å²) in [6, 6.07) is 16.0. The summed E-state index contributed by atoms with van der Waals surface area (Å²) in [7, 11) is 2.19. The van der Waals surface area contributed by atoms with E-state index in [1.165, 1.54) is 61.1 Å². The van der Waals surface area contributed by atoms with Crippen LogP contribution in [-0.2, 0) is 28.2 Å². The topological polar surface area (TPSA) is 6.89 Å². The van der Waals surface area contributed by atoms with E-state index in [2.05, 4.69) is 140 Å². The number of pyridine rings is 1. The number of benzene rings is 3. The predicted molar refractivity (Wildman–Crippen MR) is 202 cm³/mol. The van der Waals surface area contributed by atoms with E-state index in [0.29, 0.717) is 0 Å². The number of hydrogen-bond donors (Lipinski definition) is 0. The van der Waals surface area contributed by atoms with Gasteiger partial charge in [0.2, 0.25) is 5.69 Å². The smallest absolute Gasteiger partial charge is 0.207 e. The van der Waals surface area contributed by atoms with E-state index in [-0.39, 0.29) is 28.1 Å². The molecule has 2 nitrogen and oxygen atoms in total. The first kappa shape index (κ1) is 32.4. The van der Waals surface area contributed by atoms with Gasteiger partial charge in [-0.15, -0.1) is 0 Å². The molecule has 1 aromatic heterocycles. The van der Waals surface area contributed by atoms with Gasteiger partial charge in [0.05, 0.1) is 27.7 Å². The minimum absolute atomic E-state index is 0.0834. The predicted octanol–water partition coefficient (Wildman–Crippen LogP) is 10.4. The minimum Gasteiger partial charge on any atom is -0.207 e. The zero-order valence-electron chi connectivity index (χ0n) is 31.4. The van der Waals surface area contributed by atoms with Gasteiger partial charge in [-0.25, -0.2) is 8.97 Å². The fourth-order valence-corrected chi connectivity index (χ4v) is 11.8. The molecule has 0 N–H and O–H groups in total. The molecular formula is C46H53FN2+2. The van der Waals surface area contributed by atoms with Gasteiger partial charge >= 0.3 is 0 Å². The molecule has 2 aliphatic carbocycles. The average molecular weight is 653 g/mol. The highest BCUT2D eigenvalue weighted by molar-refractivity contribution is 6.05. The minimum atomic E-state index is -0.469. The summed E-state index contributed by atoms with van der Waals surface area (Å²) in [5.41, 5.74) is 13.9. The molecule has 1 saturated carbocycles. The highest BCUT2D eigenvalue weighted by Gasteiger charge is 2.93. The standard InChI is InChI=1S/C46H53FN2/c1-12-15-16-31-25-32-22-24-49-42-38(32)35(26-31)43(8,9)40-36(47)20-19-34(39(40)42)45(13-2)44(10,46(45,49)14-3)33-18-17-27(4)29(6)37(33)41-30(7)28(5)21-23-48(41)11/h17-26,30H,5,12-16H2,1-4,6-11H3/q+2. The van der Waals surface area contributed by atoms with Crippen LogP contribution < -0.4 is 4.57 Å². The lowest BCUT2D eigenvalue weighted by atomic mass is 9.64. The molecule has 1 fully saturated rings. The van der Waals surface area contributed by atoms with Gasteiger partial charge < -0.3 is 0 Å². The van der Waals surface area contributed by atoms with Crippen LogP contribution in [0.5, 0.6) is 0 Å². The molecule has 3 aromatic carbocycles. The van der Waals surface area contributed by atoms with E-state index in [9.17, 15) is 0 Å². The van der Waals surface area contributed by atoms with Crippen LogP contribution in [0.2, 0.25) is 0 Å². The molecule has 0 bridgehead atoms. The van der Waals surface area contributed by atoms with Gasteiger partial charge in [-0.05, 0) is 97.4 Å². The third-order valence-corrected chi connectivity index (χ3v) is 14.2. The fraction of sp³-hybridized carbons (Fsp3) is 0.435. The van der Waals surface area contributed by atoms with Crippen molar-refractivity contribution in [2.24, 2.45) is 5.92 Å². The van der Waals surface area contributed by atoms with E-state index in [1.807, 2.05) is 0 Å². The molecule has 8 rings (SSSR count). The van der Waals surface area contributed by atoms with Crippen molar-refractivity contribution in [3.63, 3.8) is 0 Å². The number of halogens is 1. The Bertz CT molecular complexity index is 2210. The molecule has 49 heavy (non-hydrogen) atoms. The summed E-state index contributed by atoms with van der Waals surface area (Å²) in [4.78, 5) is 0. The Morgan fingerprint density at radius 3 is 2.33 bits per heavy atom. The van der Waals surface area contributed by atoms with Crippen LogP contribution >= 0.6 is 0 Å². The van der Waals surface area contributed by atoms with E-state index in [4.69, 9.17) is 0 Å². The number of aromatic nitrogens is 1. The van der Waals surface area contributed by atoms with Crippen molar-refractivity contribution in [3.05, 3.63) is 123 Å². The molecule has 3 heterocycles. The average Bonchev–Trinajstić information content (AvgIpc) is 3.60. The van der Waals surface area contributed by atoms with E-state index >= 15 is 4.39 Å². The van der Waals surface area contributed by atoms with Gasteiger partial charge in [-0.1, -0.05) is 78.0 Å². The third-order valence-electron chi connectivity index (χ3n) is 14.2. The molecule has 252 valence electrons. The van der Waals surface area contributed by atoms with Crippen LogP contribution in [0.3, 0.4) is 0 Å². The van der Waals surface area contributed by atoms with E-state index in [1.54, 1.807) is 6.07 Å². The third kappa shape index (κ3) is 3.53. The van der Waals surface area contributed by atoms with Gasteiger partial charge in [-0.3, -0.25) is 0 Å². The van der Waals surface area contributed by atoms with Gasteiger partial charge in [-0.2, -0.15) is 4.57 Å². The number of allylic oxidation sites excluding steroid dienone is 2. The van der Waals surface area contributed by atoms with Gasteiger partial charge in [0, 0.05) is 35.1 Å². The number of nitrogens with zero attached hydrogens (tertiary/aromatic N) is 2. The highest BCUT2D eigenvalue weighted by Crippen LogP contribution is 2.81. The Labute approximate surface area is 293 Å². The molecular weight excluding hydrogens is 600 g/mol. The van der Waals surface area contributed by atoms with Crippen molar-refractivity contribution in [1.29, 1.82) is 0 Å². The van der Waals surface area contributed by atoms with Crippen molar-refractivity contribution in [2.75, 3.05) is 7.05 Å². The maximum atomic E-state index is 16.6. The molecule has 3 heteroatoms. The quantitative estimate of drug-likeness (QED) is 0.175. The molecule has 4 aromatic rings. The van der Waals surface area contributed by atoms with Crippen LogP contribution in [0.1, 0.15) is 119 Å². The molecule has 2 aliphatic heterocycles. The first-order valence-corrected chi connectivity index (χ1v) is 18.7. The summed E-state index contributed by atoms with van der Waals surface area (Å²) < 4.78 is 21.6. The zero-order valence-corrected chi connectivity index (χ0v) is 31.4. The van der Waals surface area contributed by atoms with Crippen molar-refractivity contribution < 1.29 is 13.5 Å². The number of aryl methyl sites for hydroxylation is 2. The summed E-state index contributed by atoms with van der Waals surface area (Å²) in [6.45, 7) is 25.4. The molecule has 0 amide bonds. The van der Waals surface area contributed by atoms with Crippen molar-refractivity contribution in [2.45, 2.75) is 116 Å². The van der Waals surface area contributed by atoms with Crippen LogP contribution in [-0.4, -0.2) is 17.3 Å². The summed E-state index contributed by atoms with van der Waals surface area (Å²) >= 11 is 0. The summed E-state index contributed by atoms with van der Waals surface area (Å²) in [6.07, 6.45) is 12.0. The van der Waals surface area contributed by atoms with Gasteiger partial charge in [0.1, 0.15) is 12.9 Å². The van der Waals surface area contributed by atoms with Crippen molar-refractivity contribution >= 4 is 16.5 Å². The second-order valence-corrected chi connectivity index (χ2v) is 16.4.